The predicted octanol–water partition coefficient (Wildman–Crippen LogP) is 7.74. The zero-order valence-electron chi connectivity index (χ0n) is 19.4. The first-order valence-electron chi connectivity index (χ1n) is 10.5. The molecule has 0 bridgehead atoms. The third kappa shape index (κ3) is 5.16. The minimum Gasteiger partial charge on any atom is -0.543 e. The summed E-state index contributed by atoms with van der Waals surface area (Å²) in [4.78, 5) is 0. The van der Waals surface area contributed by atoms with Crippen LogP contribution in [0, 0.1) is 13.8 Å². The third-order valence-corrected chi connectivity index (χ3v) is 11.5. The molecule has 0 saturated heterocycles. The standard InChI is InChI=1S/C24H39ClO2Si/c1-17(16-25)11-10-13-24(7)14-12-20-15-21(18(2)19(3)22(20)26-24)27-28(8,9)23(4,5)6/h11,15H,10,12-14,16H2,1-9H3/b17-11+. The molecule has 0 spiro atoms. The number of aryl methyl sites for hydroxylation is 1. The molecule has 0 radical (unpaired) electrons. The molecule has 2 rings (SSSR count). The van der Waals surface area contributed by atoms with Crippen molar-refractivity contribution in [1.29, 1.82) is 0 Å². The lowest BCUT2D eigenvalue weighted by Gasteiger charge is -2.39. The van der Waals surface area contributed by atoms with Crippen LogP contribution in [0.5, 0.6) is 11.5 Å². The average molecular weight is 423 g/mol. The number of benzene rings is 1. The van der Waals surface area contributed by atoms with Gasteiger partial charge < -0.3 is 9.16 Å². The molecule has 1 aromatic rings. The second-order valence-electron chi connectivity index (χ2n) is 10.3. The Bertz CT molecular complexity index is 746. The van der Waals surface area contributed by atoms with E-state index in [0.29, 0.717) is 5.88 Å². The summed E-state index contributed by atoms with van der Waals surface area (Å²) in [7, 11) is -1.86. The number of hydrogen-bond donors (Lipinski definition) is 0. The van der Waals surface area contributed by atoms with Crippen LogP contribution in [0.1, 0.15) is 70.6 Å². The van der Waals surface area contributed by atoms with Crippen LogP contribution in [-0.4, -0.2) is 19.8 Å². The Hall–Kier alpha value is -0.933. The lowest BCUT2D eigenvalue weighted by Crippen LogP contribution is -2.44. The number of hydrogen-bond acceptors (Lipinski definition) is 2. The Morgan fingerprint density at radius 1 is 1.29 bits per heavy atom. The molecule has 1 aliphatic rings. The van der Waals surface area contributed by atoms with Crippen molar-refractivity contribution in [2.45, 2.75) is 97.9 Å². The van der Waals surface area contributed by atoms with Crippen molar-refractivity contribution >= 4 is 19.9 Å². The van der Waals surface area contributed by atoms with Crippen molar-refractivity contribution in [3.63, 3.8) is 0 Å². The van der Waals surface area contributed by atoms with E-state index < -0.39 is 8.32 Å². The Kier molecular flexibility index (Phi) is 7.03. The fraction of sp³-hybridized carbons (Fsp3) is 0.667. The van der Waals surface area contributed by atoms with Gasteiger partial charge in [-0.2, -0.15) is 0 Å². The van der Waals surface area contributed by atoms with Gasteiger partial charge in [-0.15, -0.1) is 11.6 Å². The van der Waals surface area contributed by atoms with Gasteiger partial charge in [0.2, 0.25) is 8.32 Å². The SMILES string of the molecule is C/C(=C\CCC1(C)CCc2cc(O[Si](C)(C)C(C)(C)C)c(C)c(C)c2O1)CCl. The van der Waals surface area contributed by atoms with Crippen LogP contribution in [0.15, 0.2) is 17.7 Å². The summed E-state index contributed by atoms with van der Waals surface area (Å²) in [6, 6.07) is 2.25. The van der Waals surface area contributed by atoms with Crippen LogP contribution in [0.4, 0.5) is 0 Å². The second-order valence-corrected chi connectivity index (χ2v) is 15.2. The van der Waals surface area contributed by atoms with Gasteiger partial charge in [0, 0.05) is 5.88 Å². The monoisotopic (exact) mass is 422 g/mol. The maximum Gasteiger partial charge on any atom is 0.250 e. The number of fused-ring (bicyclic) bond motifs is 1. The molecular formula is C24H39ClO2Si. The van der Waals surface area contributed by atoms with Gasteiger partial charge in [-0.05, 0) is 94.3 Å². The maximum atomic E-state index is 6.66. The van der Waals surface area contributed by atoms with Crippen molar-refractivity contribution in [3.8, 4) is 11.5 Å². The molecule has 1 heterocycles. The molecule has 1 aromatic carbocycles. The molecule has 0 aliphatic carbocycles. The van der Waals surface area contributed by atoms with Crippen molar-refractivity contribution in [1.82, 2.24) is 0 Å². The molecule has 1 atom stereocenters. The zero-order chi connectivity index (χ0) is 21.3. The van der Waals surface area contributed by atoms with Crippen LogP contribution >= 0.6 is 11.6 Å². The average Bonchev–Trinajstić information content (AvgIpc) is 2.59. The normalized spacial score (nSPS) is 20.6. The van der Waals surface area contributed by atoms with Crippen molar-refractivity contribution < 1.29 is 9.16 Å². The molecule has 4 heteroatoms. The number of ether oxygens (including phenoxy) is 1. The Balaban J connectivity index is 2.26. The highest BCUT2D eigenvalue weighted by molar-refractivity contribution is 6.74. The molecule has 1 unspecified atom stereocenters. The first kappa shape index (κ1) is 23.3. The summed E-state index contributed by atoms with van der Waals surface area (Å²) >= 11 is 5.89. The Morgan fingerprint density at radius 3 is 2.50 bits per heavy atom. The van der Waals surface area contributed by atoms with Crippen molar-refractivity contribution in [3.05, 3.63) is 34.4 Å². The molecule has 158 valence electrons. The van der Waals surface area contributed by atoms with Gasteiger partial charge in [0.1, 0.15) is 17.1 Å². The summed E-state index contributed by atoms with van der Waals surface area (Å²) < 4.78 is 13.3. The second kappa shape index (κ2) is 8.43. The highest BCUT2D eigenvalue weighted by atomic mass is 35.5. The number of alkyl halides is 1. The lowest BCUT2D eigenvalue weighted by molar-refractivity contribution is 0.0561. The smallest absolute Gasteiger partial charge is 0.250 e. The number of halogens is 1. The van der Waals surface area contributed by atoms with Crippen LogP contribution in [-0.2, 0) is 6.42 Å². The fourth-order valence-electron chi connectivity index (χ4n) is 3.34. The minimum absolute atomic E-state index is 0.116. The van der Waals surface area contributed by atoms with Gasteiger partial charge in [0.25, 0.3) is 0 Å². The zero-order valence-corrected chi connectivity index (χ0v) is 21.1. The molecule has 0 N–H and O–H groups in total. The van der Waals surface area contributed by atoms with E-state index in [0.717, 1.165) is 37.2 Å². The van der Waals surface area contributed by atoms with Crippen molar-refractivity contribution in [2.75, 3.05) is 5.88 Å². The minimum atomic E-state index is -1.86. The summed E-state index contributed by atoms with van der Waals surface area (Å²) in [5, 5.41) is 0.188. The lowest BCUT2D eigenvalue weighted by atomic mass is 9.87. The first-order chi connectivity index (χ1) is 12.8. The third-order valence-electron chi connectivity index (χ3n) is 6.69. The van der Waals surface area contributed by atoms with Crippen LogP contribution in [0.2, 0.25) is 18.1 Å². The quantitative estimate of drug-likeness (QED) is 0.265. The molecule has 2 nitrogen and oxygen atoms in total. The molecule has 28 heavy (non-hydrogen) atoms. The molecule has 1 aliphatic heterocycles. The van der Waals surface area contributed by atoms with Gasteiger partial charge in [-0.1, -0.05) is 32.4 Å². The van der Waals surface area contributed by atoms with E-state index in [1.54, 1.807) is 0 Å². The van der Waals surface area contributed by atoms with Gasteiger partial charge in [-0.25, -0.2) is 0 Å². The number of rotatable bonds is 6. The summed E-state index contributed by atoms with van der Waals surface area (Å²) in [6.45, 7) is 20.2. The summed E-state index contributed by atoms with van der Waals surface area (Å²) in [5.74, 6) is 2.73. The van der Waals surface area contributed by atoms with E-state index >= 15 is 0 Å². The van der Waals surface area contributed by atoms with Crippen LogP contribution < -0.4 is 9.16 Å². The number of allylic oxidation sites excluding steroid dienone is 2. The van der Waals surface area contributed by atoms with Gasteiger partial charge in [0.15, 0.2) is 0 Å². The van der Waals surface area contributed by atoms with Gasteiger partial charge in [0.05, 0.1) is 0 Å². The van der Waals surface area contributed by atoms with E-state index in [4.69, 9.17) is 20.8 Å². The molecule has 0 saturated carbocycles. The summed E-state index contributed by atoms with van der Waals surface area (Å²) in [6.07, 6.45) is 6.34. The Morgan fingerprint density at radius 2 is 1.93 bits per heavy atom. The van der Waals surface area contributed by atoms with E-state index in [1.807, 2.05) is 0 Å². The van der Waals surface area contributed by atoms with Crippen LogP contribution in [0.25, 0.3) is 0 Å². The molecular weight excluding hydrogens is 384 g/mol. The molecule has 0 amide bonds. The van der Waals surface area contributed by atoms with E-state index in [1.165, 1.54) is 22.3 Å². The highest BCUT2D eigenvalue weighted by Gasteiger charge is 2.40. The van der Waals surface area contributed by atoms with Gasteiger partial charge in [-0.3, -0.25) is 0 Å². The predicted molar refractivity (Wildman–Crippen MR) is 125 cm³/mol. The van der Waals surface area contributed by atoms with E-state index in [2.05, 4.69) is 73.7 Å². The molecule has 0 aromatic heterocycles. The Labute approximate surface area is 178 Å². The topological polar surface area (TPSA) is 18.5 Å². The fourth-order valence-corrected chi connectivity index (χ4v) is 4.52. The van der Waals surface area contributed by atoms with Gasteiger partial charge >= 0.3 is 0 Å². The first-order valence-corrected chi connectivity index (χ1v) is 14.0. The largest absolute Gasteiger partial charge is 0.543 e. The highest BCUT2D eigenvalue weighted by Crippen LogP contribution is 2.44. The molecule has 0 fully saturated rings. The van der Waals surface area contributed by atoms with E-state index in [9.17, 15) is 0 Å². The van der Waals surface area contributed by atoms with Crippen LogP contribution in [0.3, 0.4) is 0 Å². The summed E-state index contributed by atoms with van der Waals surface area (Å²) in [5.41, 5.74) is 4.85. The maximum absolute atomic E-state index is 6.66. The van der Waals surface area contributed by atoms with Crippen molar-refractivity contribution in [2.24, 2.45) is 0 Å². The van der Waals surface area contributed by atoms with E-state index in [-0.39, 0.29) is 10.6 Å².